The minimum absolute atomic E-state index is 0.0824. The quantitative estimate of drug-likeness (QED) is 0.892. The largest absolute Gasteiger partial charge is 0.477 e. The summed E-state index contributed by atoms with van der Waals surface area (Å²) in [5.74, 6) is 1.08. The van der Waals surface area contributed by atoms with Crippen molar-refractivity contribution in [3.8, 4) is 0 Å². The van der Waals surface area contributed by atoms with Crippen molar-refractivity contribution < 1.29 is 14.7 Å². The van der Waals surface area contributed by atoms with Gasteiger partial charge in [0.05, 0.1) is 6.20 Å². The van der Waals surface area contributed by atoms with E-state index in [-0.39, 0.29) is 17.5 Å². The number of H-pyrrole nitrogens is 1. The van der Waals surface area contributed by atoms with Gasteiger partial charge in [0.2, 0.25) is 5.91 Å². The van der Waals surface area contributed by atoms with Gasteiger partial charge in [0.15, 0.2) is 0 Å². The van der Waals surface area contributed by atoms with Crippen molar-refractivity contribution in [2.24, 2.45) is 17.8 Å². The summed E-state index contributed by atoms with van der Waals surface area (Å²) in [7, 11) is 0. The number of carbonyl (C=O) groups is 2. The minimum Gasteiger partial charge on any atom is -0.477 e. The van der Waals surface area contributed by atoms with E-state index < -0.39 is 5.97 Å². The second kappa shape index (κ2) is 5.11. The van der Waals surface area contributed by atoms with E-state index >= 15 is 0 Å². The zero-order valence-electron chi connectivity index (χ0n) is 12.5. The molecule has 22 heavy (non-hydrogen) atoms. The van der Waals surface area contributed by atoms with Crippen LogP contribution in [-0.2, 0) is 4.79 Å². The summed E-state index contributed by atoms with van der Waals surface area (Å²) in [4.78, 5) is 26.0. The molecule has 1 amide bonds. The van der Waals surface area contributed by atoms with Crippen molar-refractivity contribution in [1.29, 1.82) is 0 Å². The van der Waals surface area contributed by atoms with E-state index in [0.717, 1.165) is 37.3 Å². The number of rotatable bonds is 3. The van der Waals surface area contributed by atoms with Gasteiger partial charge in [-0.15, -0.1) is 0 Å². The van der Waals surface area contributed by atoms with Crippen LogP contribution in [0, 0.1) is 17.8 Å². The number of piperidine rings is 1. The number of likely N-dealkylation sites (tertiary alicyclic amines) is 1. The number of carboxylic acid groups (broad SMARTS) is 1. The van der Waals surface area contributed by atoms with Crippen LogP contribution in [0.3, 0.4) is 0 Å². The Morgan fingerprint density at radius 2 is 2.18 bits per heavy atom. The average Bonchev–Trinajstić information content (AvgIpc) is 2.98. The second-order valence-electron chi connectivity index (χ2n) is 6.97. The fourth-order valence-electron chi connectivity index (χ4n) is 4.45. The molecule has 6 heteroatoms. The summed E-state index contributed by atoms with van der Waals surface area (Å²) >= 11 is 0. The monoisotopic (exact) mass is 303 g/mol. The highest BCUT2D eigenvalue weighted by Crippen LogP contribution is 2.55. The van der Waals surface area contributed by atoms with Crippen LogP contribution in [-0.4, -0.2) is 45.2 Å². The number of aromatic carboxylic acids is 1. The molecule has 0 aromatic carbocycles. The van der Waals surface area contributed by atoms with Gasteiger partial charge in [0, 0.05) is 30.5 Å². The smallest absolute Gasteiger partial charge is 0.354 e. The molecule has 6 nitrogen and oxygen atoms in total. The van der Waals surface area contributed by atoms with E-state index in [9.17, 15) is 14.7 Å². The molecule has 0 spiro atoms. The Labute approximate surface area is 128 Å². The first-order chi connectivity index (χ1) is 10.6. The Morgan fingerprint density at radius 1 is 1.32 bits per heavy atom. The Morgan fingerprint density at radius 3 is 2.86 bits per heavy atom. The topological polar surface area (TPSA) is 86.3 Å². The molecule has 1 aliphatic heterocycles. The molecule has 2 saturated carbocycles. The molecule has 3 aliphatic rings. The molecule has 2 aliphatic carbocycles. The van der Waals surface area contributed by atoms with Gasteiger partial charge in [-0.3, -0.25) is 9.89 Å². The zero-order chi connectivity index (χ0) is 15.3. The lowest BCUT2D eigenvalue weighted by Gasteiger charge is -2.34. The Kier molecular flexibility index (Phi) is 3.20. The van der Waals surface area contributed by atoms with Crippen LogP contribution in [0.15, 0.2) is 6.20 Å². The van der Waals surface area contributed by atoms with Crippen LogP contribution in [0.2, 0.25) is 0 Å². The molecule has 2 N–H and O–H groups in total. The third-order valence-electron chi connectivity index (χ3n) is 5.72. The number of aromatic nitrogens is 2. The molecule has 1 saturated heterocycles. The number of nitrogens with one attached hydrogen (secondary N) is 1. The molecule has 1 aromatic rings. The van der Waals surface area contributed by atoms with Crippen LogP contribution >= 0.6 is 0 Å². The number of fused-ring (bicyclic) bond motifs is 1. The Balaban J connectivity index is 1.48. The van der Waals surface area contributed by atoms with Gasteiger partial charge in [0.1, 0.15) is 5.69 Å². The SMILES string of the molecule is O=C(O)c1[nH]ncc1C1CCCN(C(=O)[C@@H]2CC[C@@H]3C[C@@H]32)C1. The lowest BCUT2D eigenvalue weighted by molar-refractivity contribution is -0.137. The van der Waals surface area contributed by atoms with Gasteiger partial charge in [0.25, 0.3) is 0 Å². The van der Waals surface area contributed by atoms with Gasteiger partial charge in [-0.05, 0) is 43.9 Å². The van der Waals surface area contributed by atoms with Crippen molar-refractivity contribution in [3.05, 3.63) is 17.5 Å². The summed E-state index contributed by atoms with van der Waals surface area (Å²) < 4.78 is 0. The van der Waals surface area contributed by atoms with Gasteiger partial charge < -0.3 is 10.0 Å². The lowest BCUT2D eigenvalue weighted by atomic mass is 9.89. The minimum atomic E-state index is -0.979. The molecule has 1 unspecified atom stereocenters. The summed E-state index contributed by atoms with van der Waals surface area (Å²) in [6, 6.07) is 0. The van der Waals surface area contributed by atoms with E-state index in [1.54, 1.807) is 6.20 Å². The number of carboxylic acids is 1. The van der Waals surface area contributed by atoms with E-state index in [1.807, 2.05) is 4.90 Å². The van der Waals surface area contributed by atoms with Gasteiger partial charge in [-0.25, -0.2) is 4.79 Å². The molecule has 118 valence electrons. The maximum Gasteiger partial charge on any atom is 0.354 e. The molecule has 2 heterocycles. The molecular weight excluding hydrogens is 282 g/mol. The second-order valence-corrected chi connectivity index (χ2v) is 6.97. The number of hydrogen-bond acceptors (Lipinski definition) is 3. The molecule has 3 fully saturated rings. The van der Waals surface area contributed by atoms with E-state index in [1.165, 1.54) is 12.8 Å². The standard InChI is InChI=1S/C16H21N3O3/c20-15(11-4-3-9-6-12(9)11)19-5-1-2-10(8-19)13-7-17-18-14(13)16(21)22/h7,9-12H,1-6,8H2,(H,17,18)(H,21,22)/t9-,10?,11-,12+/m1/s1. The number of carbonyl (C=O) groups excluding carboxylic acids is 1. The highest BCUT2D eigenvalue weighted by Gasteiger charge is 2.51. The average molecular weight is 303 g/mol. The maximum atomic E-state index is 12.8. The highest BCUT2D eigenvalue weighted by molar-refractivity contribution is 5.87. The van der Waals surface area contributed by atoms with E-state index in [4.69, 9.17) is 0 Å². The lowest BCUT2D eigenvalue weighted by Crippen LogP contribution is -2.42. The molecule has 4 rings (SSSR count). The molecule has 0 radical (unpaired) electrons. The van der Waals surface area contributed by atoms with Crippen LogP contribution in [0.1, 0.15) is 54.1 Å². The van der Waals surface area contributed by atoms with Gasteiger partial charge in [-0.2, -0.15) is 5.10 Å². The zero-order valence-corrected chi connectivity index (χ0v) is 12.5. The third kappa shape index (κ3) is 2.21. The Hall–Kier alpha value is -1.85. The van der Waals surface area contributed by atoms with Crippen molar-refractivity contribution >= 4 is 11.9 Å². The Bertz CT molecular complexity index is 612. The fraction of sp³-hybridized carbons (Fsp3) is 0.688. The van der Waals surface area contributed by atoms with E-state index in [2.05, 4.69) is 10.2 Å². The highest BCUT2D eigenvalue weighted by atomic mass is 16.4. The van der Waals surface area contributed by atoms with Crippen LogP contribution < -0.4 is 0 Å². The van der Waals surface area contributed by atoms with E-state index in [0.29, 0.717) is 18.4 Å². The number of amides is 1. The summed E-state index contributed by atoms with van der Waals surface area (Å²) in [6.45, 7) is 1.44. The molecule has 4 atom stereocenters. The number of nitrogens with zero attached hydrogens (tertiary/aromatic N) is 2. The van der Waals surface area contributed by atoms with Gasteiger partial charge in [-0.1, -0.05) is 0 Å². The van der Waals surface area contributed by atoms with Crippen LogP contribution in [0.5, 0.6) is 0 Å². The predicted molar refractivity (Wildman–Crippen MR) is 78.4 cm³/mol. The summed E-state index contributed by atoms with van der Waals surface area (Å²) in [5.41, 5.74) is 0.906. The maximum absolute atomic E-state index is 12.8. The van der Waals surface area contributed by atoms with Crippen molar-refractivity contribution in [1.82, 2.24) is 15.1 Å². The number of hydrogen-bond donors (Lipinski definition) is 2. The van der Waals surface area contributed by atoms with Gasteiger partial charge >= 0.3 is 5.97 Å². The fourth-order valence-corrected chi connectivity index (χ4v) is 4.45. The first kappa shape index (κ1) is 13.8. The summed E-state index contributed by atoms with van der Waals surface area (Å²) in [5, 5.41) is 15.7. The van der Waals surface area contributed by atoms with Crippen molar-refractivity contribution in [3.63, 3.8) is 0 Å². The van der Waals surface area contributed by atoms with Crippen LogP contribution in [0.25, 0.3) is 0 Å². The predicted octanol–water partition coefficient (Wildman–Crippen LogP) is 1.86. The molecule has 0 bridgehead atoms. The first-order valence-corrected chi connectivity index (χ1v) is 8.20. The third-order valence-corrected chi connectivity index (χ3v) is 5.72. The summed E-state index contributed by atoms with van der Waals surface area (Å²) in [6.07, 6.45) is 6.94. The van der Waals surface area contributed by atoms with Crippen LogP contribution in [0.4, 0.5) is 0 Å². The molecule has 1 aromatic heterocycles. The molecular formula is C16H21N3O3. The number of aromatic amines is 1. The van der Waals surface area contributed by atoms with Crippen molar-refractivity contribution in [2.45, 2.75) is 38.0 Å². The normalized spacial score (nSPS) is 33.5. The van der Waals surface area contributed by atoms with Crippen molar-refractivity contribution in [2.75, 3.05) is 13.1 Å². The first-order valence-electron chi connectivity index (χ1n) is 8.20.